The number of hydrazine groups is 3. The van der Waals surface area contributed by atoms with Crippen molar-refractivity contribution in [3.8, 4) is 0 Å². The fourth-order valence-electron chi connectivity index (χ4n) is 6.79. The average Bonchev–Trinajstić information content (AvgIpc) is 3.42. The van der Waals surface area contributed by atoms with Gasteiger partial charge in [-0.05, 0) is 76.3 Å². The summed E-state index contributed by atoms with van der Waals surface area (Å²) in [5, 5.41) is 7.06. The summed E-state index contributed by atoms with van der Waals surface area (Å²) in [6, 6.07) is 8.78. The fourth-order valence-corrected chi connectivity index (χ4v) is 6.79. The number of rotatable bonds is 33. The van der Waals surface area contributed by atoms with Crippen LogP contribution in [0.15, 0.2) is 48.6 Å². The molecule has 1 aliphatic rings. The first-order valence-corrected chi connectivity index (χ1v) is 20.7. The average molecular weight is 651 g/mol. The number of nitrogens with one attached hydrogen (secondary N) is 1. The second-order valence-electron chi connectivity index (χ2n) is 14.3. The third-order valence-corrected chi connectivity index (χ3v) is 9.85. The van der Waals surface area contributed by atoms with Crippen LogP contribution >= 0.6 is 0 Å². The number of hydrogen-bond acceptors (Lipinski definition) is 4. The molecule has 0 radical (unpaired) electrons. The normalized spacial score (nSPS) is 13.3. The molecule has 2 rings (SSSR count). The second-order valence-corrected chi connectivity index (χ2v) is 14.3. The van der Waals surface area contributed by atoms with Gasteiger partial charge in [0.05, 0.1) is 11.4 Å². The molecule has 0 aromatic heterocycles. The third kappa shape index (κ3) is 21.0. The lowest BCUT2D eigenvalue weighted by atomic mass is 10.1. The molecule has 1 aromatic carbocycles. The van der Waals surface area contributed by atoms with Gasteiger partial charge in [0.15, 0.2) is 0 Å². The van der Waals surface area contributed by atoms with Gasteiger partial charge < -0.3 is 0 Å². The Morgan fingerprint density at radius 2 is 0.809 bits per heavy atom. The smallest absolute Gasteiger partial charge is 0.0971 e. The number of hydrogen-bond donors (Lipinski definition) is 1. The van der Waals surface area contributed by atoms with Crippen molar-refractivity contribution in [2.45, 2.75) is 194 Å². The zero-order chi connectivity index (χ0) is 33.5. The Morgan fingerprint density at radius 1 is 0.468 bits per heavy atom. The first kappa shape index (κ1) is 41.4. The van der Waals surface area contributed by atoms with Gasteiger partial charge in [0.2, 0.25) is 0 Å². The van der Waals surface area contributed by atoms with Crippen LogP contribution in [0.5, 0.6) is 0 Å². The van der Waals surface area contributed by atoms with Gasteiger partial charge in [-0.2, -0.15) is 0 Å². The van der Waals surface area contributed by atoms with Crippen LogP contribution in [0.1, 0.15) is 194 Å². The van der Waals surface area contributed by atoms with Gasteiger partial charge in [-0.1, -0.05) is 166 Å². The van der Waals surface area contributed by atoms with E-state index in [9.17, 15) is 0 Å². The molecule has 270 valence electrons. The molecule has 0 saturated heterocycles. The van der Waals surface area contributed by atoms with E-state index in [4.69, 9.17) is 0 Å². The summed E-state index contributed by atoms with van der Waals surface area (Å²) >= 11 is 0. The highest BCUT2D eigenvalue weighted by Crippen LogP contribution is 2.33. The predicted molar refractivity (Wildman–Crippen MR) is 211 cm³/mol. The Kier molecular flexibility index (Phi) is 26.7. The minimum atomic E-state index is 1.13. The minimum Gasteiger partial charge on any atom is -0.290 e. The lowest BCUT2D eigenvalue weighted by molar-refractivity contribution is 0.215. The highest BCUT2D eigenvalue weighted by atomic mass is 15.9. The van der Waals surface area contributed by atoms with Crippen LogP contribution in [-0.2, 0) is 0 Å². The quantitative estimate of drug-likeness (QED) is 0.0603. The lowest BCUT2D eigenvalue weighted by Gasteiger charge is -2.33. The van der Waals surface area contributed by atoms with Crippen LogP contribution in [0, 0.1) is 0 Å². The van der Waals surface area contributed by atoms with E-state index in [0.29, 0.717) is 0 Å². The summed E-state index contributed by atoms with van der Waals surface area (Å²) in [5.74, 6) is 0. The number of benzene rings is 1. The van der Waals surface area contributed by atoms with Crippen LogP contribution < -0.4 is 15.7 Å². The van der Waals surface area contributed by atoms with Gasteiger partial charge in [-0.3, -0.25) is 5.01 Å². The van der Waals surface area contributed by atoms with Gasteiger partial charge in [0.25, 0.3) is 0 Å². The molecule has 1 aromatic rings. The zero-order valence-corrected chi connectivity index (χ0v) is 31.7. The van der Waals surface area contributed by atoms with Crippen molar-refractivity contribution in [2.24, 2.45) is 0 Å². The SMILES string of the molecule is CCCCCCCC/C=C\CCCCCCCCN(CCCCCCCC/C=C\CCCCCCCC)N1NN(C)c2ccccc21. The van der Waals surface area contributed by atoms with Crippen molar-refractivity contribution in [3.05, 3.63) is 48.6 Å². The topological polar surface area (TPSA) is 21.8 Å². The fraction of sp³-hybridized carbons (Fsp3) is 0.767. The van der Waals surface area contributed by atoms with Crippen LogP contribution in [0.4, 0.5) is 11.4 Å². The number of allylic oxidation sites excluding steroid dienone is 4. The maximum absolute atomic E-state index is 3.61. The minimum absolute atomic E-state index is 1.13. The molecule has 0 unspecified atom stereocenters. The summed E-state index contributed by atoms with van der Waals surface area (Å²) in [7, 11) is 2.13. The van der Waals surface area contributed by atoms with Gasteiger partial charge in [-0.15, -0.1) is 5.53 Å². The Morgan fingerprint density at radius 3 is 1.21 bits per heavy atom. The number of para-hydroxylation sites is 2. The van der Waals surface area contributed by atoms with Gasteiger partial charge >= 0.3 is 0 Å². The standard InChI is InChI=1S/C43H78N4/c1-4-6-8-10-12-14-16-18-20-22-24-26-28-30-32-36-40-46(47-43-39-35-34-38-42(43)45(3)44-47)41-37-33-31-29-27-25-23-21-19-17-15-13-11-9-7-5-2/h18-21,34-35,38-39,44H,4-17,22-33,36-37,40-41H2,1-3H3/b20-18-,21-19-. The molecule has 0 fully saturated rings. The summed E-state index contributed by atoms with van der Waals surface area (Å²) in [5.41, 5.74) is 6.15. The summed E-state index contributed by atoms with van der Waals surface area (Å²) < 4.78 is 0. The number of fused-ring (bicyclic) bond motifs is 1. The number of anilines is 2. The van der Waals surface area contributed by atoms with Crippen molar-refractivity contribution in [1.82, 2.24) is 10.5 Å². The molecule has 4 nitrogen and oxygen atoms in total. The molecule has 4 heteroatoms. The van der Waals surface area contributed by atoms with Crippen molar-refractivity contribution >= 4 is 11.4 Å². The predicted octanol–water partition coefficient (Wildman–Crippen LogP) is 13.7. The second kappa shape index (κ2) is 30.3. The van der Waals surface area contributed by atoms with E-state index >= 15 is 0 Å². The van der Waals surface area contributed by atoms with E-state index in [1.807, 2.05) is 0 Å². The molecule has 0 bridgehead atoms. The molecule has 0 atom stereocenters. The third-order valence-electron chi connectivity index (χ3n) is 9.85. The molecule has 1 N–H and O–H groups in total. The summed E-state index contributed by atoms with van der Waals surface area (Å²) in [6.07, 6.45) is 47.9. The molecule has 47 heavy (non-hydrogen) atoms. The monoisotopic (exact) mass is 651 g/mol. The maximum Gasteiger partial charge on any atom is 0.0971 e. The van der Waals surface area contributed by atoms with Crippen LogP contribution in [-0.4, -0.2) is 25.1 Å². The lowest BCUT2D eigenvalue weighted by Crippen LogP contribution is -2.53. The molecular formula is C43H78N4. The summed E-state index contributed by atoms with van der Waals surface area (Å²) in [4.78, 5) is 0. The number of unbranched alkanes of at least 4 members (excludes halogenated alkanes) is 24. The van der Waals surface area contributed by atoms with E-state index in [-0.39, 0.29) is 0 Å². The highest BCUT2D eigenvalue weighted by molar-refractivity contribution is 5.73. The van der Waals surface area contributed by atoms with E-state index in [0.717, 1.165) is 13.1 Å². The molecule has 0 saturated carbocycles. The van der Waals surface area contributed by atoms with Gasteiger partial charge in [0, 0.05) is 20.1 Å². The van der Waals surface area contributed by atoms with Crippen LogP contribution in [0.2, 0.25) is 0 Å². The maximum atomic E-state index is 3.61. The molecule has 0 amide bonds. The van der Waals surface area contributed by atoms with Crippen molar-refractivity contribution in [1.29, 1.82) is 0 Å². The Balaban J connectivity index is 1.55. The van der Waals surface area contributed by atoms with Crippen molar-refractivity contribution in [2.75, 3.05) is 30.3 Å². The number of nitrogens with zero attached hydrogens (tertiary/aromatic N) is 3. The molecule has 0 spiro atoms. The zero-order valence-electron chi connectivity index (χ0n) is 31.7. The first-order chi connectivity index (χ1) is 23.3. The van der Waals surface area contributed by atoms with Crippen molar-refractivity contribution in [3.63, 3.8) is 0 Å². The van der Waals surface area contributed by atoms with E-state index in [1.54, 1.807) is 0 Å². The van der Waals surface area contributed by atoms with E-state index in [1.165, 1.54) is 191 Å². The van der Waals surface area contributed by atoms with E-state index < -0.39 is 0 Å². The first-order valence-electron chi connectivity index (χ1n) is 20.7. The molecule has 1 aliphatic heterocycles. The van der Waals surface area contributed by atoms with Crippen LogP contribution in [0.25, 0.3) is 0 Å². The molecular weight excluding hydrogens is 573 g/mol. The Bertz CT molecular complexity index is 838. The van der Waals surface area contributed by atoms with E-state index in [2.05, 4.69) is 90.1 Å². The van der Waals surface area contributed by atoms with Crippen molar-refractivity contribution < 1.29 is 0 Å². The van der Waals surface area contributed by atoms with Crippen LogP contribution in [0.3, 0.4) is 0 Å². The molecule has 0 aliphatic carbocycles. The Labute approximate surface area is 293 Å². The Hall–Kier alpha value is -1.78. The summed E-state index contributed by atoms with van der Waals surface area (Å²) in [6.45, 7) is 6.84. The largest absolute Gasteiger partial charge is 0.290 e. The van der Waals surface area contributed by atoms with Gasteiger partial charge in [-0.25, -0.2) is 10.1 Å². The van der Waals surface area contributed by atoms with Gasteiger partial charge in [0.1, 0.15) is 0 Å². The molecule has 1 heterocycles. The highest BCUT2D eigenvalue weighted by Gasteiger charge is 2.27.